The van der Waals surface area contributed by atoms with E-state index in [4.69, 9.17) is 11.6 Å². The van der Waals surface area contributed by atoms with Crippen LogP contribution in [0.2, 0.25) is 5.02 Å². The van der Waals surface area contributed by atoms with Crippen molar-refractivity contribution in [2.45, 2.75) is 32.9 Å². The SMILES string of the molecule is Cc1cc(Cl)ccc1CNC(C)Cc1ccc(F)cc1. The Hall–Kier alpha value is -1.38. The van der Waals surface area contributed by atoms with Crippen molar-refractivity contribution < 1.29 is 4.39 Å². The molecule has 0 heterocycles. The Morgan fingerprint density at radius 2 is 1.85 bits per heavy atom. The molecule has 20 heavy (non-hydrogen) atoms. The van der Waals surface area contributed by atoms with Crippen LogP contribution in [-0.4, -0.2) is 6.04 Å². The third-order valence-corrected chi connectivity index (χ3v) is 3.64. The van der Waals surface area contributed by atoms with E-state index in [1.54, 1.807) is 0 Å². The summed E-state index contributed by atoms with van der Waals surface area (Å²) < 4.78 is 12.8. The molecule has 0 aliphatic carbocycles. The van der Waals surface area contributed by atoms with E-state index in [-0.39, 0.29) is 5.82 Å². The lowest BCUT2D eigenvalue weighted by Gasteiger charge is -2.15. The maximum Gasteiger partial charge on any atom is 0.123 e. The Labute approximate surface area is 124 Å². The summed E-state index contributed by atoms with van der Waals surface area (Å²) in [7, 11) is 0. The van der Waals surface area contributed by atoms with Crippen LogP contribution in [-0.2, 0) is 13.0 Å². The maximum absolute atomic E-state index is 12.8. The third-order valence-electron chi connectivity index (χ3n) is 3.40. The Kier molecular flexibility index (Phi) is 5.16. The smallest absolute Gasteiger partial charge is 0.123 e. The maximum atomic E-state index is 12.8. The monoisotopic (exact) mass is 291 g/mol. The van der Waals surface area contributed by atoms with Crippen LogP contribution in [0.1, 0.15) is 23.6 Å². The summed E-state index contributed by atoms with van der Waals surface area (Å²) in [5, 5.41) is 4.25. The minimum atomic E-state index is -0.189. The second-order valence-corrected chi connectivity index (χ2v) is 5.62. The fraction of sp³-hybridized carbons (Fsp3) is 0.294. The lowest BCUT2D eigenvalue weighted by Crippen LogP contribution is -2.27. The molecule has 0 aliphatic rings. The van der Waals surface area contributed by atoms with Crippen LogP contribution >= 0.6 is 11.6 Å². The average molecular weight is 292 g/mol. The topological polar surface area (TPSA) is 12.0 Å². The molecule has 106 valence electrons. The molecule has 0 aromatic heterocycles. The first-order chi connectivity index (χ1) is 9.54. The molecule has 1 N–H and O–H groups in total. The number of benzene rings is 2. The lowest BCUT2D eigenvalue weighted by molar-refractivity contribution is 0.543. The van der Waals surface area contributed by atoms with Crippen molar-refractivity contribution in [3.63, 3.8) is 0 Å². The number of hydrogen-bond acceptors (Lipinski definition) is 1. The zero-order chi connectivity index (χ0) is 14.5. The van der Waals surface area contributed by atoms with Crippen LogP contribution in [0.25, 0.3) is 0 Å². The van der Waals surface area contributed by atoms with Gasteiger partial charge in [-0.25, -0.2) is 4.39 Å². The fourth-order valence-corrected chi connectivity index (χ4v) is 2.41. The molecule has 1 atom stereocenters. The standard InChI is InChI=1S/C17H19ClFN/c1-12-9-16(18)6-5-15(12)11-20-13(2)10-14-3-7-17(19)8-4-14/h3-9,13,20H,10-11H2,1-2H3. The predicted molar refractivity (Wildman–Crippen MR) is 82.6 cm³/mol. The van der Waals surface area contributed by atoms with Crippen molar-refractivity contribution in [2.75, 3.05) is 0 Å². The first-order valence-electron chi connectivity index (χ1n) is 6.77. The van der Waals surface area contributed by atoms with E-state index < -0.39 is 0 Å². The second kappa shape index (κ2) is 6.87. The summed E-state index contributed by atoms with van der Waals surface area (Å²) in [5.41, 5.74) is 3.58. The molecule has 0 aliphatic heterocycles. The van der Waals surface area contributed by atoms with Gasteiger partial charge in [0, 0.05) is 17.6 Å². The van der Waals surface area contributed by atoms with Crippen molar-refractivity contribution in [3.05, 3.63) is 70.0 Å². The zero-order valence-electron chi connectivity index (χ0n) is 11.8. The van der Waals surface area contributed by atoms with Crippen LogP contribution in [0.5, 0.6) is 0 Å². The predicted octanol–water partition coefficient (Wildman–Crippen LogP) is 4.51. The molecule has 1 unspecified atom stereocenters. The summed E-state index contributed by atoms with van der Waals surface area (Å²) in [6.07, 6.45) is 0.882. The van der Waals surface area contributed by atoms with Gasteiger partial charge in [-0.05, 0) is 61.2 Å². The summed E-state index contributed by atoms with van der Waals surface area (Å²) in [6, 6.07) is 12.9. The number of aryl methyl sites for hydroxylation is 1. The van der Waals surface area contributed by atoms with Crippen LogP contribution in [0.4, 0.5) is 4.39 Å². The van der Waals surface area contributed by atoms with Gasteiger partial charge in [-0.2, -0.15) is 0 Å². The molecule has 0 amide bonds. The minimum absolute atomic E-state index is 0.189. The van der Waals surface area contributed by atoms with E-state index in [0.717, 1.165) is 23.6 Å². The van der Waals surface area contributed by atoms with E-state index in [0.29, 0.717) is 6.04 Å². The molecule has 2 aromatic carbocycles. The van der Waals surface area contributed by atoms with Crippen LogP contribution in [0, 0.1) is 12.7 Å². The molecule has 3 heteroatoms. The zero-order valence-corrected chi connectivity index (χ0v) is 12.5. The highest BCUT2D eigenvalue weighted by Crippen LogP contribution is 2.15. The molecule has 0 saturated carbocycles. The lowest BCUT2D eigenvalue weighted by atomic mass is 10.1. The highest BCUT2D eigenvalue weighted by atomic mass is 35.5. The Morgan fingerprint density at radius 3 is 2.50 bits per heavy atom. The molecule has 0 saturated heterocycles. The first kappa shape index (κ1) is 15.0. The van der Waals surface area contributed by atoms with E-state index >= 15 is 0 Å². The normalized spacial score (nSPS) is 12.4. The van der Waals surface area contributed by atoms with Gasteiger partial charge in [0.05, 0.1) is 0 Å². The first-order valence-corrected chi connectivity index (χ1v) is 7.15. The van der Waals surface area contributed by atoms with Gasteiger partial charge in [-0.15, -0.1) is 0 Å². The van der Waals surface area contributed by atoms with Gasteiger partial charge in [0.2, 0.25) is 0 Å². The summed E-state index contributed by atoms with van der Waals surface area (Å²) >= 11 is 5.95. The number of halogens is 2. The number of rotatable bonds is 5. The van der Waals surface area contributed by atoms with Crippen LogP contribution in [0.15, 0.2) is 42.5 Å². The molecule has 0 bridgehead atoms. The molecule has 0 fully saturated rings. The molecular formula is C17H19ClFN. The van der Waals surface area contributed by atoms with Gasteiger partial charge >= 0.3 is 0 Å². The molecule has 0 spiro atoms. The van der Waals surface area contributed by atoms with Gasteiger partial charge in [0.25, 0.3) is 0 Å². The fourth-order valence-electron chi connectivity index (χ4n) is 2.19. The van der Waals surface area contributed by atoms with E-state index in [2.05, 4.69) is 25.2 Å². The van der Waals surface area contributed by atoms with Gasteiger partial charge in [0.1, 0.15) is 5.82 Å². The van der Waals surface area contributed by atoms with E-state index in [1.165, 1.54) is 23.3 Å². The van der Waals surface area contributed by atoms with Crippen LogP contribution < -0.4 is 5.32 Å². The Balaban J connectivity index is 1.88. The van der Waals surface area contributed by atoms with Gasteiger partial charge in [-0.1, -0.05) is 29.8 Å². The van der Waals surface area contributed by atoms with Gasteiger partial charge in [-0.3, -0.25) is 0 Å². The summed E-state index contributed by atoms with van der Waals surface area (Å²) in [6.45, 7) is 5.01. The Morgan fingerprint density at radius 1 is 1.15 bits per heavy atom. The Bertz CT molecular complexity index is 566. The van der Waals surface area contributed by atoms with Crippen molar-refractivity contribution in [3.8, 4) is 0 Å². The van der Waals surface area contributed by atoms with Gasteiger partial charge in [0.15, 0.2) is 0 Å². The summed E-state index contributed by atoms with van der Waals surface area (Å²) in [5.74, 6) is -0.189. The van der Waals surface area contributed by atoms with Crippen molar-refractivity contribution in [1.82, 2.24) is 5.32 Å². The summed E-state index contributed by atoms with van der Waals surface area (Å²) in [4.78, 5) is 0. The highest BCUT2D eigenvalue weighted by Gasteiger charge is 2.05. The second-order valence-electron chi connectivity index (χ2n) is 5.18. The highest BCUT2D eigenvalue weighted by molar-refractivity contribution is 6.30. The van der Waals surface area contributed by atoms with Crippen molar-refractivity contribution >= 4 is 11.6 Å². The van der Waals surface area contributed by atoms with Crippen molar-refractivity contribution in [2.24, 2.45) is 0 Å². The third kappa shape index (κ3) is 4.32. The minimum Gasteiger partial charge on any atom is -0.310 e. The largest absolute Gasteiger partial charge is 0.310 e. The van der Waals surface area contributed by atoms with E-state index in [9.17, 15) is 4.39 Å². The van der Waals surface area contributed by atoms with Crippen LogP contribution in [0.3, 0.4) is 0 Å². The van der Waals surface area contributed by atoms with E-state index in [1.807, 2.05) is 24.3 Å². The number of nitrogens with one attached hydrogen (secondary N) is 1. The number of hydrogen-bond donors (Lipinski definition) is 1. The molecule has 1 nitrogen and oxygen atoms in total. The molecule has 2 rings (SSSR count). The molecular weight excluding hydrogens is 273 g/mol. The molecule has 0 radical (unpaired) electrons. The average Bonchev–Trinajstić information content (AvgIpc) is 2.40. The quantitative estimate of drug-likeness (QED) is 0.855. The van der Waals surface area contributed by atoms with Gasteiger partial charge < -0.3 is 5.32 Å². The van der Waals surface area contributed by atoms with Crippen molar-refractivity contribution in [1.29, 1.82) is 0 Å². The molecule has 2 aromatic rings.